The van der Waals surface area contributed by atoms with Crippen molar-refractivity contribution in [3.63, 3.8) is 0 Å². The normalized spacial score (nSPS) is 10.9. The second-order valence-corrected chi connectivity index (χ2v) is 6.65. The van der Waals surface area contributed by atoms with Crippen molar-refractivity contribution in [2.75, 3.05) is 7.05 Å². The Kier molecular flexibility index (Phi) is 4.53. The number of nitrogens with zero attached hydrogens (tertiary/aromatic N) is 1. The lowest BCUT2D eigenvalue weighted by atomic mass is 10.1. The summed E-state index contributed by atoms with van der Waals surface area (Å²) in [6.45, 7) is 2.62. The van der Waals surface area contributed by atoms with E-state index in [1.54, 1.807) is 4.90 Å². The number of likely N-dealkylation sites (N-methyl/N-ethyl adjacent to an activating group) is 1. The van der Waals surface area contributed by atoms with Crippen LogP contribution in [-0.4, -0.2) is 22.8 Å². The van der Waals surface area contributed by atoms with E-state index in [1.165, 1.54) is 0 Å². The molecule has 1 N–H and O–H groups in total. The minimum Gasteiger partial charge on any atom is -0.358 e. The molecular weight excluding hydrogens is 352 g/mol. The first kappa shape index (κ1) is 15.8. The Morgan fingerprint density at radius 3 is 2.61 bits per heavy atom. The highest BCUT2D eigenvalue weighted by Gasteiger charge is 2.16. The van der Waals surface area contributed by atoms with Gasteiger partial charge in [-0.05, 0) is 30.2 Å². The van der Waals surface area contributed by atoms with Crippen LogP contribution in [0.5, 0.6) is 0 Å². The van der Waals surface area contributed by atoms with Crippen LogP contribution < -0.4 is 0 Å². The molecule has 118 valence electrons. The molecule has 1 heterocycles. The minimum atomic E-state index is 0.119. The van der Waals surface area contributed by atoms with E-state index in [9.17, 15) is 4.79 Å². The zero-order valence-corrected chi connectivity index (χ0v) is 14.9. The van der Waals surface area contributed by atoms with E-state index in [1.807, 2.05) is 56.4 Å². The van der Waals surface area contributed by atoms with E-state index in [-0.39, 0.29) is 5.91 Å². The Balaban J connectivity index is 1.78. The monoisotopic (exact) mass is 370 g/mol. The van der Waals surface area contributed by atoms with E-state index in [0.717, 1.165) is 32.2 Å². The second-order valence-electron chi connectivity index (χ2n) is 5.79. The molecule has 4 heteroatoms. The summed E-state index contributed by atoms with van der Waals surface area (Å²) in [6, 6.07) is 16.1. The van der Waals surface area contributed by atoms with Crippen LogP contribution in [0.25, 0.3) is 10.9 Å². The summed E-state index contributed by atoms with van der Waals surface area (Å²) in [6.07, 6.45) is 0.413. The second kappa shape index (κ2) is 6.59. The lowest BCUT2D eigenvalue weighted by Crippen LogP contribution is -2.28. The van der Waals surface area contributed by atoms with Crippen LogP contribution in [0.4, 0.5) is 0 Å². The van der Waals surface area contributed by atoms with Crippen LogP contribution >= 0.6 is 15.9 Å². The molecule has 0 fully saturated rings. The lowest BCUT2D eigenvalue weighted by Gasteiger charge is -2.18. The standard InChI is InChI=1S/C19H19BrN2O/c1-13-16(15-8-4-6-10-18(15)21-13)11-19(23)22(2)12-14-7-3-5-9-17(14)20/h3-10,21H,11-12H2,1-2H3. The molecule has 23 heavy (non-hydrogen) atoms. The van der Waals surface area contributed by atoms with E-state index in [0.29, 0.717) is 13.0 Å². The molecule has 0 unspecified atom stereocenters. The van der Waals surface area contributed by atoms with Gasteiger partial charge in [0.15, 0.2) is 0 Å². The van der Waals surface area contributed by atoms with Crippen LogP contribution in [0.1, 0.15) is 16.8 Å². The fourth-order valence-electron chi connectivity index (χ4n) is 2.82. The van der Waals surface area contributed by atoms with Gasteiger partial charge in [0.2, 0.25) is 5.91 Å². The number of para-hydroxylation sites is 1. The van der Waals surface area contributed by atoms with Gasteiger partial charge in [0, 0.05) is 34.7 Å². The average Bonchev–Trinajstić information content (AvgIpc) is 2.85. The molecule has 0 aliphatic carbocycles. The SMILES string of the molecule is Cc1[nH]c2ccccc2c1CC(=O)N(C)Cc1ccccc1Br. The first-order valence-corrected chi connectivity index (χ1v) is 8.39. The van der Waals surface area contributed by atoms with Gasteiger partial charge in [0.05, 0.1) is 6.42 Å². The Morgan fingerprint density at radius 2 is 1.83 bits per heavy atom. The number of nitrogens with one attached hydrogen (secondary N) is 1. The average molecular weight is 371 g/mol. The van der Waals surface area contributed by atoms with Crippen molar-refractivity contribution < 1.29 is 4.79 Å². The van der Waals surface area contributed by atoms with Gasteiger partial charge in [-0.2, -0.15) is 0 Å². The summed E-state index contributed by atoms with van der Waals surface area (Å²) in [5.41, 5.74) is 4.35. The van der Waals surface area contributed by atoms with Crippen molar-refractivity contribution in [3.05, 3.63) is 69.8 Å². The van der Waals surface area contributed by atoms with Crippen molar-refractivity contribution in [1.29, 1.82) is 0 Å². The van der Waals surface area contributed by atoms with Gasteiger partial charge in [-0.15, -0.1) is 0 Å². The molecular formula is C19H19BrN2O. The number of hydrogen-bond donors (Lipinski definition) is 1. The first-order valence-electron chi connectivity index (χ1n) is 7.60. The predicted molar refractivity (Wildman–Crippen MR) is 97.4 cm³/mol. The molecule has 0 spiro atoms. The van der Waals surface area contributed by atoms with Gasteiger partial charge in [-0.1, -0.05) is 52.3 Å². The first-order chi connectivity index (χ1) is 11.1. The van der Waals surface area contributed by atoms with Gasteiger partial charge in [0.1, 0.15) is 0 Å². The molecule has 3 rings (SSSR count). The molecule has 1 amide bonds. The van der Waals surface area contributed by atoms with Crippen LogP contribution in [0.2, 0.25) is 0 Å². The minimum absolute atomic E-state index is 0.119. The number of aromatic amines is 1. The third-order valence-corrected chi connectivity index (χ3v) is 4.92. The molecule has 0 aliphatic heterocycles. The van der Waals surface area contributed by atoms with Gasteiger partial charge >= 0.3 is 0 Å². The van der Waals surface area contributed by atoms with Gasteiger partial charge in [0.25, 0.3) is 0 Å². The number of carbonyl (C=O) groups is 1. The Hall–Kier alpha value is -2.07. The molecule has 1 aromatic heterocycles. The number of carbonyl (C=O) groups excluding carboxylic acids is 1. The maximum atomic E-state index is 12.6. The quantitative estimate of drug-likeness (QED) is 0.723. The topological polar surface area (TPSA) is 36.1 Å². The Morgan fingerprint density at radius 1 is 1.13 bits per heavy atom. The summed E-state index contributed by atoms with van der Waals surface area (Å²) in [5.74, 6) is 0.119. The molecule has 0 saturated carbocycles. The molecule has 2 aromatic carbocycles. The smallest absolute Gasteiger partial charge is 0.227 e. The third-order valence-electron chi connectivity index (χ3n) is 4.15. The lowest BCUT2D eigenvalue weighted by molar-refractivity contribution is -0.129. The van der Waals surface area contributed by atoms with Crippen molar-refractivity contribution in [2.24, 2.45) is 0 Å². The number of hydrogen-bond acceptors (Lipinski definition) is 1. The van der Waals surface area contributed by atoms with Crippen molar-refractivity contribution in [3.8, 4) is 0 Å². The number of H-pyrrole nitrogens is 1. The molecule has 3 nitrogen and oxygen atoms in total. The Bertz CT molecular complexity index is 853. The van der Waals surface area contributed by atoms with Crippen LogP contribution in [0.15, 0.2) is 53.0 Å². The van der Waals surface area contributed by atoms with Crippen molar-refractivity contribution >= 4 is 32.7 Å². The number of benzene rings is 2. The van der Waals surface area contributed by atoms with Gasteiger partial charge in [-0.3, -0.25) is 4.79 Å². The number of rotatable bonds is 4. The molecule has 0 atom stereocenters. The zero-order chi connectivity index (χ0) is 16.4. The molecule has 0 bridgehead atoms. The third kappa shape index (κ3) is 3.32. The van der Waals surface area contributed by atoms with Crippen LogP contribution in [-0.2, 0) is 17.8 Å². The van der Waals surface area contributed by atoms with E-state index >= 15 is 0 Å². The molecule has 3 aromatic rings. The van der Waals surface area contributed by atoms with Crippen LogP contribution in [0, 0.1) is 6.92 Å². The van der Waals surface area contributed by atoms with Crippen molar-refractivity contribution in [2.45, 2.75) is 19.9 Å². The molecule has 0 aliphatic rings. The number of halogens is 1. The number of fused-ring (bicyclic) bond motifs is 1. The number of amides is 1. The highest BCUT2D eigenvalue weighted by atomic mass is 79.9. The summed E-state index contributed by atoms with van der Waals surface area (Å²) in [5, 5.41) is 1.13. The molecule has 0 saturated heterocycles. The van der Waals surface area contributed by atoms with E-state index < -0.39 is 0 Å². The van der Waals surface area contributed by atoms with Crippen LogP contribution in [0.3, 0.4) is 0 Å². The Labute approximate surface area is 144 Å². The fourth-order valence-corrected chi connectivity index (χ4v) is 3.23. The van der Waals surface area contributed by atoms with Gasteiger partial charge in [-0.25, -0.2) is 0 Å². The maximum Gasteiger partial charge on any atom is 0.227 e. The predicted octanol–water partition coefficient (Wildman–Crippen LogP) is 4.44. The van der Waals surface area contributed by atoms with E-state index in [2.05, 4.69) is 27.0 Å². The summed E-state index contributed by atoms with van der Waals surface area (Å²) < 4.78 is 1.03. The highest BCUT2D eigenvalue weighted by Crippen LogP contribution is 2.23. The molecule has 0 radical (unpaired) electrons. The summed E-state index contributed by atoms with van der Waals surface area (Å²) in [7, 11) is 1.85. The fraction of sp³-hybridized carbons (Fsp3) is 0.211. The van der Waals surface area contributed by atoms with Gasteiger partial charge < -0.3 is 9.88 Å². The number of aromatic nitrogens is 1. The number of aryl methyl sites for hydroxylation is 1. The maximum absolute atomic E-state index is 12.6. The zero-order valence-electron chi connectivity index (χ0n) is 13.3. The summed E-state index contributed by atoms with van der Waals surface area (Å²) in [4.78, 5) is 17.7. The summed E-state index contributed by atoms with van der Waals surface area (Å²) >= 11 is 3.54. The largest absolute Gasteiger partial charge is 0.358 e. The van der Waals surface area contributed by atoms with E-state index in [4.69, 9.17) is 0 Å². The van der Waals surface area contributed by atoms with Crippen molar-refractivity contribution in [1.82, 2.24) is 9.88 Å². The highest BCUT2D eigenvalue weighted by molar-refractivity contribution is 9.10.